The molecular formula is C21H13BF8O. The lowest BCUT2D eigenvalue weighted by molar-refractivity contribution is 0.386. The Labute approximate surface area is 172 Å². The third kappa shape index (κ3) is 3.64. The van der Waals surface area contributed by atoms with E-state index in [-0.39, 0.29) is 12.1 Å². The van der Waals surface area contributed by atoms with E-state index in [2.05, 4.69) is 0 Å². The predicted octanol–water partition coefficient (Wildman–Crippen LogP) is 3.94. The molecule has 10 heteroatoms. The molecule has 0 aliphatic carbocycles. The van der Waals surface area contributed by atoms with Crippen molar-refractivity contribution in [2.75, 3.05) is 7.11 Å². The molecule has 0 spiro atoms. The molecule has 31 heavy (non-hydrogen) atoms. The zero-order valence-electron chi connectivity index (χ0n) is 16.3. The van der Waals surface area contributed by atoms with E-state index >= 15 is 4.39 Å². The van der Waals surface area contributed by atoms with Gasteiger partial charge in [0, 0.05) is 39.6 Å². The van der Waals surface area contributed by atoms with Crippen LogP contribution in [0.2, 0.25) is 0 Å². The fourth-order valence-electron chi connectivity index (χ4n) is 3.35. The highest BCUT2D eigenvalue weighted by atomic mass is 19.2. The Morgan fingerprint density at radius 1 is 0.581 bits per heavy atom. The van der Waals surface area contributed by atoms with Crippen molar-refractivity contribution >= 4 is 23.1 Å². The van der Waals surface area contributed by atoms with Gasteiger partial charge in [0.2, 0.25) is 0 Å². The van der Waals surface area contributed by atoms with Crippen LogP contribution in [0.1, 0.15) is 11.1 Å². The van der Waals surface area contributed by atoms with Crippen LogP contribution >= 0.6 is 0 Å². The Morgan fingerprint density at radius 2 is 1.00 bits per heavy atom. The van der Waals surface area contributed by atoms with Crippen LogP contribution in [0.4, 0.5) is 35.1 Å². The number of rotatable bonds is 4. The Morgan fingerprint density at radius 3 is 1.42 bits per heavy atom. The zero-order chi connectivity index (χ0) is 23.2. The highest BCUT2D eigenvalue weighted by Gasteiger charge is 2.39. The van der Waals surface area contributed by atoms with Crippen molar-refractivity contribution in [3.63, 3.8) is 0 Å². The molecule has 0 fully saturated rings. The van der Waals surface area contributed by atoms with E-state index in [0.29, 0.717) is 6.07 Å². The molecule has 3 aromatic carbocycles. The highest BCUT2D eigenvalue weighted by molar-refractivity contribution is 6.95. The maximum absolute atomic E-state index is 15.0. The van der Waals surface area contributed by atoms with Gasteiger partial charge in [-0.25, -0.2) is 35.1 Å². The van der Waals surface area contributed by atoms with E-state index in [4.69, 9.17) is 4.74 Å². The third-order valence-electron chi connectivity index (χ3n) is 5.05. The average Bonchev–Trinajstić information content (AvgIpc) is 2.70. The first-order valence-electron chi connectivity index (χ1n) is 8.81. The van der Waals surface area contributed by atoms with E-state index in [1.54, 1.807) is 0 Å². The Kier molecular flexibility index (Phi) is 6.02. The summed E-state index contributed by atoms with van der Waals surface area (Å²) >= 11 is 0. The van der Waals surface area contributed by atoms with Gasteiger partial charge in [-0.1, -0.05) is 0 Å². The van der Waals surface area contributed by atoms with Crippen LogP contribution in [-0.4, -0.2) is 13.8 Å². The van der Waals surface area contributed by atoms with Crippen molar-refractivity contribution in [2.24, 2.45) is 0 Å². The number of hydrogen-bond donors (Lipinski definition) is 0. The Hall–Kier alpha value is -3.04. The summed E-state index contributed by atoms with van der Waals surface area (Å²) in [7, 11) is 1.02. The van der Waals surface area contributed by atoms with Crippen LogP contribution < -0.4 is 21.1 Å². The molecule has 0 bridgehead atoms. The first-order valence-corrected chi connectivity index (χ1v) is 8.81. The van der Waals surface area contributed by atoms with Gasteiger partial charge in [0.15, 0.2) is 11.6 Å². The van der Waals surface area contributed by atoms with Crippen LogP contribution in [0.5, 0.6) is 5.75 Å². The van der Waals surface area contributed by atoms with Crippen LogP contribution in [0.3, 0.4) is 0 Å². The maximum Gasteiger partial charge on any atom is 0.264 e. The molecule has 0 atom stereocenters. The first-order chi connectivity index (χ1) is 14.5. The molecule has 3 rings (SSSR count). The van der Waals surface area contributed by atoms with E-state index < -0.39 is 86.5 Å². The lowest BCUT2D eigenvalue weighted by Gasteiger charge is -2.22. The van der Waals surface area contributed by atoms with Crippen molar-refractivity contribution in [1.82, 2.24) is 0 Å². The summed E-state index contributed by atoms with van der Waals surface area (Å²) in [5, 5.41) is 0. The van der Waals surface area contributed by atoms with Crippen LogP contribution in [-0.2, 0) is 0 Å². The summed E-state index contributed by atoms with van der Waals surface area (Å²) < 4.78 is 121. The zero-order valence-corrected chi connectivity index (χ0v) is 16.3. The number of ether oxygens (including phenoxy) is 1. The van der Waals surface area contributed by atoms with Crippen LogP contribution in [0.15, 0.2) is 24.3 Å². The third-order valence-corrected chi connectivity index (χ3v) is 5.05. The summed E-state index contributed by atoms with van der Waals surface area (Å²) in [6, 6.07) is 1.98. The quantitative estimate of drug-likeness (QED) is 0.438. The molecule has 0 aliphatic heterocycles. The molecular weight excluding hydrogens is 431 g/mol. The van der Waals surface area contributed by atoms with Gasteiger partial charge in [-0.2, -0.15) is 0 Å². The van der Waals surface area contributed by atoms with E-state index in [1.807, 2.05) is 0 Å². The number of methoxy groups -OCH3 is 1. The lowest BCUT2D eigenvalue weighted by atomic mass is 9.35. The van der Waals surface area contributed by atoms with Crippen molar-refractivity contribution < 1.29 is 39.9 Å². The lowest BCUT2D eigenvalue weighted by Crippen LogP contribution is -2.59. The number of benzene rings is 3. The molecule has 0 aromatic heterocycles. The first kappa shape index (κ1) is 22.6. The van der Waals surface area contributed by atoms with E-state index in [9.17, 15) is 30.7 Å². The van der Waals surface area contributed by atoms with Gasteiger partial charge >= 0.3 is 0 Å². The fraction of sp³-hybridized carbons (Fsp3) is 0.143. The molecule has 1 nitrogen and oxygen atoms in total. The standard InChI is InChI=1S/C21H13BF8O/c1-8-11(24)6-13(26)17(19(8)28)22(16-10(23)4-5-15(31-3)21(16)30)18-14(27)7-12(25)9(2)20(18)29/h4-7H,1-3H3. The summed E-state index contributed by atoms with van der Waals surface area (Å²) in [6.07, 6.45) is 0. The minimum Gasteiger partial charge on any atom is -0.494 e. The largest absolute Gasteiger partial charge is 0.494 e. The summed E-state index contributed by atoms with van der Waals surface area (Å²) in [5.74, 6) is -12.6. The average molecular weight is 444 g/mol. The fourth-order valence-corrected chi connectivity index (χ4v) is 3.35. The normalized spacial score (nSPS) is 11.1. The topological polar surface area (TPSA) is 9.23 Å². The highest BCUT2D eigenvalue weighted by Crippen LogP contribution is 2.21. The predicted molar refractivity (Wildman–Crippen MR) is 99.7 cm³/mol. The molecule has 162 valence electrons. The molecule has 0 unspecified atom stereocenters. The monoisotopic (exact) mass is 444 g/mol. The van der Waals surface area contributed by atoms with Gasteiger partial charge in [0.25, 0.3) is 6.71 Å². The van der Waals surface area contributed by atoms with Gasteiger partial charge in [-0.15, -0.1) is 0 Å². The molecule has 0 heterocycles. The SMILES string of the molecule is COc1ccc(F)c(B(c2c(F)cc(F)c(C)c2F)c2c(F)cc(F)c(C)c2F)c1F. The number of hydrogen-bond acceptors (Lipinski definition) is 1. The Bertz CT molecular complexity index is 1130. The van der Waals surface area contributed by atoms with Gasteiger partial charge in [-0.05, 0) is 26.0 Å². The van der Waals surface area contributed by atoms with Crippen LogP contribution in [0.25, 0.3) is 0 Å². The Balaban J connectivity index is 2.54. The van der Waals surface area contributed by atoms with Gasteiger partial charge in [-0.3, -0.25) is 0 Å². The number of halogens is 8. The summed E-state index contributed by atoms with van der Waals surface area (Å²) in [4.78, 5) is 0. The minimum absolute atomic E-state index is 0.225. The summed E-state index contributed by atoms with van der Waals surface area (Å²) in [5.41, 5.74) is -5.08. The molecule has 0 radical (unpaired) electrons. The van der Waals surface area contributed by atoms with E-state index in [0.717, 1.165) is 27.0 Å². The second-order valence-corrected chi connectivity index (χ2v) is 6.80. The summed E-state index contributed by atoms with van der Waals surface area (Å²) in [6.45, 7) is -0.592. The second-order valence-electron chi connectivity index (χ2n) is 6.80. The van der Waals surface area contributed by atoms with Crippen molar-refractivity contribution in [3.05, 3.63) is 81.9 Å². The minimum atomic E-state index is -2.41. The van der Waals surface area contributed by atoms with Gasteiger partial charge in [0.1, 0.15) is 40.7 Å². The molecule has 0 saturated heterocycles. The smallest absolute Gasteiger partial charge is 0.264 e. The van der Waals surface area contributed by atoms with E-state index in [1.165, 1.54) is 0 Å². The molecule has 0 aliphatic rings. The van der Waals surface area contributed by atoms with Gasteiger partial charge < -0.3 is 4.74 Å². The molecule has 0 amide bonds. The second kappa shape index (κ2) is 8.24. The van der Waals surface area contributed by atoms with Gasteiger partial charge in [0.05, 0.1) is 7.11 Å². The molecule has 3 aromatic rings. The van der Waals surface area contributed by atoms with Crippen LogP contribution in [0, 0.1) is 60.4 Å². The molecule has 0 saturated carbocycles. The molecule has 0 N–H and O–H groups in total. The van der Waals surface area contributed by atoms with Crippen molar-refractivity contribution in [2.45, 2.75) is 13.8 Å². The van der Waals surface area contributed by atoms with Crippen molar-refractivity contribution in [1.29, 1.82) is 0 Å². The maximum atomic E-state index is 15.0. The van der Waals surface area contributed by atoms with Crippen molar-refractivity contribution in [3.8, 4) is 5.75 Å².